The molecule has 0 unspecified atom stereocenters. The van der Waals surface area contributed by atoms with E-state index in [-0.39, 0.29) is 27.6 Å². The smallest absolute Gasteiger partial charge is 0.217 e. The number of aliphatic imine (C=N–C) groups is 1. The van der Waals surface area contributed by atoms with E-state index >= 15 is 0 Å². The molecule has 2 aliphatic rings. The number of rotatable bonds is 5. The van der Waals surface area contributed by atoms with Crippen LogP contribution in [0.25, 0.3) is 0 Å². The first-order chi connectivity index (χ1) is 11.8. The summed E-state index contributed by atoms with van der Waals surface area (Å²) < 4.78 is 22.3. The van der Waals surface area contributed by atoms with Crippen LogP contribution in [0.5, 0.6) is 0 Å². The Morgan fingerprint density at radius 3 is 2.72 bits per heavy atom. The molecule has 25 heavy (non-hydrogen) atoms. The van der Waals surface area contributed by atoms with Crippen LogP contribution in [0.15, 0.2) is 28.5 Å². The van der Waals surface area contributed by atoms with Crippen LogP contribution in [-0.4, -0.2) is 53.5 Å². The second-order valence-electron chi connectivity index (χ2n) is 5.54. The summed E-state index contributed by atoms with van der Waals surface area (Å²) in [5, 5.41) is 1.69. The maximum absolute atomic E-state index is 11.3. The molecule has 0 radical (unpaired) electrons. The molecule has 2 rings (SSSR count). The predicted octanol–water partition coefficient (Wildman–Crippen LogP) is -1.09. The summed E-state index contributed by atoms with van der Waals surface area (Å²) in [6.07, 6.45) is 4.38. The number of thioether (sulfide) groups is 1. The summed E-state index contributed by atoms with van der Waals surface area (Å²) in [6, 6.07) is -0.405. The number of hydrogen-bond donors (Lipinski definition) is 3. The maximum Gasteiger partial charge on any atom is 0.217 e. The van der Waals surface area contributed by atoms with E-state index in [0.717, 1.165) is 6.29 Å². The largest absolute Gasteiger partial charge is 0.370 e. The van der Waals surface area contributed by atoms with Gasteiger partial charge in [0.15, 0.2) is 11.1 Å². The van der Waals surface area contributed by atoms with Crippen LogP contribution >= 0.6 is 11.8 Å². The molecule has 0 aromatic rings. The van der Waals surface area contributed by atoms with Crippen LogP contribution in [0.1, 0.15) is 19.8 Å². The first-order valence-electron chi connectivity index (χ1n) is 7.42. The van der Waals surface area contributed by atoms with Gasteiger partial charge in [-0.15, -0.1) is 0 Å². The molecule has 0 amide bonds. The predicted molar refractivity (Wildman–Crippen MR) is 96.9 cm³/mol. The van der Waals surface area contributed by atoms with Crippen molar-refractivity contribution in [1.29, 1.82) is 0 Å². The highest BCUT2D eigenvalue weighted by Gasteiger charge is 2.34. The minimum absolute atomic E-state index is 0.00355. The third kappa shape index (κ3) is 5.18. The van der Waals surface area contributed by atoms with Crippen molar-refractivity contribution in [3.05, 3.63) is 23.5 Å². The summed E-state index contributed by atoms with van der Waals surface area (Å²) >= 11 is 1.20. The molecule has 1 aliphatic carbocycles. The van der Waals surface area contributed by atoms with Gasteiger partial charge in [-0.05, 0) is 18.6 Å². The highest BCUT2D eigenvalue weighted by atomic mass is 32.2. The van der Waals surface area contributed by atoms with Gasteiger partial charge in [-0.25, -0.2) is 10.0 Å². The summed E-state index contributed by atoms with van der Waals surface area (Å²) in [5.41, 5.74) is 14.8. The fraction of sp³-hybridized carbons (Fsp3) is 0.429. The molecule has 0 aromatic carbocycles. The molecule has 11 heteroatoms. The fourth-order valence-corrected chi connectivity index (χ4v) is 4.05. The van der Waals surface area contributed by atoms with Crippen LogP contribution < -0.4 is 16.9 Å². The highest BCUT2D eigenvalue weighted by molar-refractivity contribution is 8.14. The monoisotopic (exact) mass is 385 g/mol. The Kier molecular flexibility index (Phi) is 6.39. The van der Waals surface area contributed by atoms with Crippen molar-refractivity contribution in [3.8, 4) is 0 Å². The molecule has 0 saturated carbocycles. The van der Waals surface area contributed by atoms with Gasteiger partial charge < -0.3 is 21.7 Å². The van der Waals surface area contributed by atoms with Gasteiger partial charge >= 0.3 is 0 Å². The standard InChI is InChI=1S/C14H19N5O4S2/c1-8(21)24-10-4-9(7-20)19(6-10)18-12-3-2-11(25(22)23)5-13(12)17-14(15)16/h2-3,7,9-10,18H,4-6H2,1H3,(H4,15,16,17)/t9-,10-/m0/s1. The van der Waals surface area contributed by atoms with Gasteiger partial charge in [-0.1, -0.05) is 11.8 Å². The third-order valence-electron chi connectivity index (χ3n) is 3.63. The van der Waals surface area contributed by atoms with E-state index in [2.05, 4.69) is 10.4 Å². The van der Waals surface area contributed by atoms with Crippen LogP contribution in [0.2, 0.25) is 0 Å². The third-order valence-corrected chi connectivity index (χ3v) is 5.34. The van der Waals surface area contributed by atoms with E-state index < -0.39 is 16.3 Å². The first kappa shape index (κ1) is 19.2. The van der Waals surface area contributed by atoms with E-state index in [9.17, 15) is 18.0 Å². The van der Waals surface area contributed by atoms with Crippen LogP contribution in [-0.2, 0) is 19.9 Å². The number of nitrogens with zero attached hydrogens (tertiary/aromatic N) is 2. The molecule has 0 bridgehead atoms. The Morgan fingerprint density at radius 2 is 2.16 bits per heavy atom. The molecule has 1 fully saturated rings. The van der Waals surface area contributed by atoms with Crippen molar-refractivity contribution < 1.29 is 18.0 Å². The van der Waals surface area contributed by atoms with E-state index in [1.54, 1.807) is 11.1 Å². The lowest BCUT2D eigenvalue weighted by Crippen LogP contribution is -2.42. The summed E-state index contributed by atoms with van der Waals surface area (Å²) in [5.74, 6) is -0.195. The molecular weight excluding hydrogens is 366 g/mol. The minimum atomic E-state index is -2.37. The topological polar surface area (TPSA) is 148 Å². The van der Waals surface area contributed by atoms with Crippen LogP contribution in [0.4, 0.5) is 0 Å². The van der Waals surface area contributed by atoms with Crippen LogP contribution in [0, 0.1) is 0 Å². The fourth-order valence-electron chi connectivity index (χ4n) is 2.62. The molecule has 1 saturated heterocycles. The first-order valence-corrected chi connectivity index (χ1v) is 9.37. The molecule has 2 atom stereocenters. The number of nitrogens with two attached hydrogens (primary N) is 2. The van der Waals surface area contributed by atoms with Gasteiger partial charge in [0.2, 0.25) is 10.3 Å². The van der Waals surface area contributed by atoms with Crippen LogP contribution in [0.3, 0.4) is 0 Å². The molecule has 136 valence electrons. The van der Waals surface area contributed by atoms with Gasteiger partial charge in [0.05, 0.1) is 22.3 Å². The van der Waals surface area contributed by atoms with E-state index in [1.807, 2.05) is 0 Å². The Hall–Kier alpha value is -2.11. The SMILES string of the molecule is CC(=O)S[C@H]1C[C@@H](C=O)N(NC2=C(N=C(N)N)CC(=S(=O)=O)C=C2)C1. The van der Waals surface area contributed by atoms with Gasteiger partial charge in [-0.3, -0.25) is 4.79 Å². The zero-order valence-electron chi connectivity index (χ0n) is 13.5. The molecule has 1 heterocycles. The normalized spacial score (nSPS) is 23.5. The molecule has 9 nitrogen and oxygen atoms in total. The second-order valence-corrected chi connectivity index (χ2v) is 8.01. The number of carbonyl (C=O) groups excluding carboxylic acids is 2. The van der Waals surface area contributed by atoms with Gasteiger partial charge in [0.25, 0.3) is 0 Å². The lowest BCUT2D eigenvalue weighted by atomic mass is 10.1. The number of carbonyl (C=O) groups is 2. The number of hydrogen-bond acceptors (Lipinski definition) is 8. The number of aldehydes is 1. The van der Waals surface area contributed by atoms with Gasteiger partial charge in [-0.2, -0.15) is 8.42 Å². The molecule has 5 N–H and O–H groups in total. The quantitative estimate of drug-likeness (QED) is 0.232. The molecule has 0 spiro atoms. The lowest BCUT2D eigenvalue weighted by molar-refractivity contribution is -0.112. The average Bonchev–Trinajstić information content (AvgIpc) is 2.89. The minimum Gasteiger partial charge on any atom is -0.370 e. The van der Waals surface area contributed by atoms with Crippen molar-refractivity contribution >= 4 is 44.3 Å². The van der Waals surface area contributed by atoms with E-state index in [4.69, 9.17) is 11.5 Å². The number of allylic oxidation sites excluding steroid dienone is 3. The Bertz CT molecular complexity index is 788. The van der Waals surface area contributed by atoms with Gasteiger partial charge in [0.1, 0.15) is 6.29 Å². The molecule has 0 aromatic heterocycles. The summed E-state index contributed by atoms with van der Waals surface area (Å²) in [7, 11) is -2.37. The summed E-state index contributed by atoms with van der Waals surface area (Å²) in [6.45, 7) is 1.96. The Morgan fingerprint density at radius 1 is 1.44 bits per heavy atom. The van der Waals surface area contributed by atoms with Crippen molar-refractivity contribution in [1.82, 2.24) is 10.4 Å². The average molecular weight is 385 g/mol. The van der Waals surface area contributed by atoms with E-state index in [1.165, 1.54) is 24.8 Å². The number of nitrogens with one attached hydrogen (secondary N) is 1. The maximum atomic E-state index is 11.3. The number of guanidine groups is 1. The lowest BCUT2D eigenvalue weighted by Gasteiger charge is -2.25. The van der Waals surface area contributed by atoms with Crippen molar-refractivity contribution in [2.45, 2.75) is 31.1 Å². The van der Waals surface area contributed by atoms with Crippen molar-refractivity contribution in [2.24, 2.45) is 16.5 Å². The van der Waals surface area contributed by atoms with Crippen molar-refractivity contribution in [3.63, 3.8) is 0 Å². The second kappa shape index (κ2) is 8.32. The zero-order valence-corrected chi connectivity index (χ0v) is 15.1. The zero-order chi connectivity index (χ0) is 18.6. The van der Waals surface area contributed by atoms with Gasteiger partial charge in [0, 0.05) is 25.1 Å². The molecule has 1 aliphatic heterocycles. The molecular formula is C14H19N5O4S2. The number of hydrazine groups is 1. The Balaban J connectivity index is 2.25. The summed E-state index contributed by atoms with van der Waals surface area (Å²) in [4.78, 5) is 26.7. The van der Waals surface area contributed by atoms with Crippen molar-refractivity contribution in [2.75, 3.05) is 6.54 Å². The Labute approximate surface area is 150 Å². The highest BCUT2D eigenvalue weighted by Crippen LogP contribution is 2.27. The van der Waals surface area contributed by atoms with E-state index in [0.29, 0.717) is 24.4 Å².